The maximum absolute atomic E-state index is 5.36. The summed E-state index contributed by atoms with van der Waals surface area (Å²) < 4.78 is 5.36. The molecule has 0 saturated heterocycles. The summed E-state index contributed by atoms with van der Waals surface area (Å²) in [7, 11) is 1.75. The molecule has 8 heavy (non-hydrogen) atoms. The van der Waals surface area contributed by atoms with Gasteiger partial charge in [-0.3, -0.25) is 0 Å². The molecule has 0 amide bonds. The lowest BCUT2D eigenvalue weighted by Crippen LogP contribution is -2.24. The SMILES string of the molecule is CNC[C@@H](C)O[SiH2]C. The van der Waals surface area contributed by atoms with E-state index >= 15 is 0 Å². The number of likely N-dealkylation sites (N-methyl/N-ethyl adjacent to an activating group) is 1. The first-order valence-corrected chi connectivity index (χ1v) is 5.06. The minimum absolute atomic E-state index is 0.194. The monoisotopic (exact) mass is 133 g/mol. The third-order valence-electron chi connectivity index (χ3n) is 0.943. The molecule has 2 nitrogen and oxygen atoms in total. The molecule has 1 atom stereocenters. The molecule has 1 N–H and O–H groups in total. The van der Waals surface area contributed by atoms with Gasteiger partial charge in [-0.1, -0.05) is 6.55 Å². The zero-order valence-electron chi connectivity index (χ0n) is 5.90. The Bertz CT molecular complexity index is 45.7. The summed E-state index contributed by atoms with van der Waals surface area (Å²) in [4.78, 5) is 0. The summed E-state index contributed by atoms with van der Waals surface area (Å²) in [6, 6.07) is 0. The molecule has 0 aliphatic carbocycles. The maximum atomic E-state index is 5.36. The number of hydrogen-bond acceptors (Lipinski definition) is 2. The van der Waals surface area contributed by atoms with Crippen LogP contribution in [0, 0.1) is 0 Å². The van der Waals surface area contributed by atoms with Gasteiger partial charge in [0.15, 0.2) is 9.76 Å². The Morgan fingerprint density at radius 3 is 2.75 bits per heavy atom. The average molecular weight is 133 g/mol. The fourth-order valence-electron chi connectivity index (χ4n) is 0.631. The van der Waals surface area contributed by atoms with E-state index in [9.17, 15) is 0 Å². The highest BCUT2D eigenvalue weighted by Crippen LogP contribution is 1.83. The minimum Gasteiger partial charge on any atom is -0.420 e. The fraction of sp³-hybridized carbons (Fsp3) is 1.00. The van der Waals surface area contributed by atoms with Crippen molar-refractivity contribution in [2.45, 2.75) is 19.6 Å². The number of nitrogens with one attached hydrogen (secondary N) is 1. The Morgan fingerprint density at radius 1 is 1.75 bits per heavy atom. The van der Waals surface area contributed by atoms with Crippen molar-refractivity contribution in [2.24, 2.45) is 0 Å². The summed E-state index contributed by atoms with van der Waals surface area (Å²) in [6.07, 6.45) is 0.414. The lowest BCUT2D eigenvalue weighted by Gasteiger charge is -2.09. The van der Waals surface area contributed by atoms with E-state index in [0.717, 1.165) is 6.54 Å². The van der Waals surface area contributed by atoms with E-state index in [1.165, 1.54) is 0 Å². The van der Waals surface area contributed by atoms with Crippen LogP contribution in [0.1, 0.15) is 6.92 Å². The molecule has 0 heterocycles. The van der Waals surface area contributed by atoms with Crippen molar-refractivity contribution in [2.75, 3.05) is 13.6 Å². The van der Waals surface area contributed by atoms with Gasteiger partial charge in [-0.25, -0.2) is 0 Å². The molecule has 0 bridgehead atoms. The highest BCUT2D eigenvalue weighted by molar-refractivity contribution is 6.24. The first-order chi connectivity index (χ1) is 3.81. The molecular formula is C5H15NOSi. The van der Waals surface area contributed by atoms with Crippen molar-refractivity contribution < 1.29 is 4.43 Å². The lowest BCUT2D eigenvalue weighted by atomic mass is 10.4. The van der Waals surface area contributed by atoms with E-state index < -0.39 is 0 Å². The molecule has 0 unspecified atom stereocenters. The number of rotatable bonds is 4. The zero-order valence-corrected chi connectivity index (χ0v) is 7.31. The zero-order chi connectivity index (χ0) is 6.41. The van der Waals surface area contributed by atoms with E-state index in [0.29, 0.717) is 6.10 Å². The second-order valence-electron chi connectivity index (χ2n) is 1.82. The first-order valence-electron chi connectivity index (χ1n) is 3.07. The molecule has 0 aromatic carbocycles. The molecule has 0 saturated carbocycles. The molecule has 0 fully saturated rings. The lowest BCUT2D eigenvalue weighted by molar-refractivity contribution is 0.234. The van der Waals surface area contributed by atoms with E-state index in [1.807, 2.05) is 7.05 Å². The Balaban J connectivity index is 2.92. The summed E-state index contributed by atoms with van der Waals surface area (Å²) >= 11 is 0. The predicted octanol–water partition coefficient (Wildman–Crippen LogP) is -0.257. The molecule has 0 aromatic rings. The van der Waals surface area contributed by atoms with Crippen LogP contribution in [0.5, 0.6) is 0 Å². The smallest absolute Gasteiger partial charge is 0.158 e. The Labute approximate surface area is 53.6 Å². The van der Waals surface area contributed by atoms with Gasteiger partial charge in [0.05, 0.1) is 6.10 Å². The van der Waals surface area contributed by atoms with E-state index in [4.69, 9.17) is 4.43 Å². The highest BCUT2D eigenvalue weighted by Gasteiger charge is 1.94. The van der Waals surface area contributed by atoms with Gasteiger partial charge in [-0.2, -0.15) is 0 Å². The van der Waals surface area contributed by atoms with Gasteiger partial charge < -0.3 is 9.74 Å². The van der Waals surface area contributed by atoms with Gasteiger partial charge in [0.2, 0.25) is 0 Å². The van der Waals surface area contributed by atoms with Gasteiger partial charge in [-0.15, -0.1) is 0 Å². The minimum atomic E-state index is -0.194. The molecule has 0 aromatic heterocycles. The molecule has 0 aliphatic rings. The summed E-state index contributed by atoms with van der Waals surface area (Å²) in [5.74, 6) is 0. The van der Waals surface area contributed by atoms with Crippen molar-refractivity contribution in [3.8, 4) is 0 Å². The van der Waals surface area contributed by atoms with Crippen molar-refractivity contribution in [1.82, 2.24) is 5.32 Å². The van der Waals surface area contributed by atoms with Crippen LogP contribution in [-0.4, -0.2) is 29.5 Å². The van der Waals surface area contributed by atoms with E-state index in [-0.39, 0.29) is 9.76 Å². The van der Waals surface area contributed by atoms with Crippen molar-refractivity contribution in [3.63, 3.8) is 0 Å². The van der Waals surface area contributed by atoms with Crippen LogP contribution in [-0.2, 0) is 4.43 Å². The van der Waals surface area contributed by atoms with Crippen LogP contribution in [0.15, 0.2) is 0 Å². The van der Waals surface area contributed by atoms with Gasteiger partial charge in [0, 0.05) is 6.54 Å². The Hall–Kier alpha value is 0.137. The molecule has 50 valence electrons. The number of hydrogen-bond donors (Lipinski definition) is 1. The predicted molar refractivity (Wildman–Crippen MR) is 38.9 cm³/mol. The van der Waals surface area contributed by atoms with Crippen molar-refractivity contribution in [1.29, 1.82) is 0 Å². The van der Waals surface area contributed by atoms with E-state index in [2.05, 4.69) is 18.8 Å². The van der Waals surface area contributed by atoms with Crippen LogP contribution in [0.25, 0.3) is 0 Å². The quantitative estimate of drug-likeness (QED) is 0.534. The van der Waals surface area contributed by atoms with Crippen LogP contribution in [0.3, 0.4) is 0 Å². The average Bonchev–Trinajstić information content (AvgIpc) is 1.68. The third kappa shape index (κ3) is 4.30. The highest BCUT2D eigenvalue weighted by atomic mass is 28.2. The fourth-order valence-corrected chi connectivity index (χ4v) is 1.32. The Morgan fingerprint density at radius 2 is 2.38 bits per heavy atom. The molecule has 0 rings (SSSR count). The van der Waals surface area contributed by atoms with Crippen LogP contribution in [0.4, 0.5) is 0 Å². The van der Waals surface area contributed by atoms with Crippen LogP contribution < -0.4 is 5.32 Å². The largest absolute Gasteiger partial charge is 0.420 e. The van der Waals surface area contributed by atoms with Crippen LogP contribution >= 0.6 is 0 Å². The van der Waals surface area contributed by atoms with Gasteiger partial charge in [0.25, 0.3) is 0 Å². The topological polar surface area (TPSA) is 21.3 Å². The van der Waals surface area contributed by atoms with Gasteiger partial charge in [-0.05, 0) is 14.0 Å². The Kier molecular flexibility index (Phi) is 5.37. The second-order valence-corrected chi connectivity index (χ2v) is 2.73. The standard InChI is InChI=1S/C5H15NOSi/c1-5(4-6-2)7-8-3/h5-6H,4,8H2,1-3H3/t5-/m1/s1. The van der Waals surface area contributed by atoms with Crippen molar-refractivity contribution in [3.05, 3.63) is 0 Å². The molecule has 0 radical (unpaired) electrons. The van der Waals surface area contributed by atoms with Gasteiger partial charge >= 0.3 is 0 Å². The normalized spacial score (nSPS) is 15.4. The molecule has 0 aliphatic heterocycles. The van der Waals surface area contributed by atoms with Crippen LogP contribution in [0.2, 0.25) is 6.55 Å². The third-order valence-corrected chi connectivity index (χ3v) is 1.85. The molecule has 3 heteroatoms. The molecular weight excluding hydrogens is 118 g/mol. The summed E-state index contributed by atoms with van der Waals surface area (Å²) in [6.45, 7) is 5.21. The van der Waals surface area contributed by atoms with E-state index in [1.54, 1.807) is 0 Å². The summed E-state index contributed by atoms with van der Waals surface area (Å²) in [5.41, 5.74) is 0. The first kappa shape index (κ1) is 8.14. The summed E-state index contributed by atoms with van der Waals surface area (Å²) in [5, 5.41) is 3.05. The molecule has 0 spiro atoms. The maximum Gasteiger partial charge on any atom is 0.158 e. The second kappa shape index (κ2) is 5.28. The van der Waals surface area contributed by atoms with Gasteiger partial charge in [0.1, 0.15) is 0 Å². The van der Waals surface area contributed by atoms with Crippen molar-refractivity contribution >= 4 is 9.76 Å².